The quantitative estimate of drug-likeness (QED) is 0.777. The number of nitrogens with two attached hydrogens (primary N) is 1. The lowest BCUT2D eigenvalue weighted by Crippen LogP contribution is -2.30. The maximum Gasteiger partial charge on any atom is 0.133 e. The van der Waals surface area contributed by atoms with Crippen molar-refractivity contribution in [2.75, 3.05) is 23.7 Å². The van der Waals surface area contributed by atoms with Crippen molar-refractivity contribution in [2.24, 2.45) is 0 Å². The van der Waals surface area contributed by atoms with Crippen molar-refractivity contribution in [3.8, 4) is 0 Å². The molecule has 1 aromatic heterocycles. The highest BCUT2D eigenvalue weighted by molar-refractivity contribution is 6.29. The van der Waals surface area contributed by atoms with Gasteiger partial charge in [-0.05, 0) is 25.3 Å². The molecule has 0 amide bonds. The number of hydrogen-bond donors (Lipinski definition) is 1. The summed E-state index contributed by atoms with van der Waals surface area (Å²) in [6.07, 6.45) is 3.77. The van der Waals surface area contributed by atoms with E-state index in [0.29, 0.717) is 10.8 Å². The topological polar surface area (TPSA) is 42.1 Å². The molecule has 0 radical (unpaired) electrons. The SMILES string of the molecule is Cl.Nc1cc(Cl)nc(N2CCCCC2)c1. The number of aromatic nitrogens is 1. The van der Waals surface area contributed by atoms with Gasteiger partial charge in [0.15, 0.2) is 0 Å². The Morgan fingerprint density at radius 3 is 2.47 bits per heavy atom. The van der Waals surface area contributed by atoms with Crippen LogP contribution in [0.1, 0.15) is 19.3 Å². The average Bonchev–Trinajstić information content (AvgIpc) is 2.18. The van der Waals surface area contributed by atoms with E-state index in [9.17, 15) is 0 Å². The van der Waals surface area contributed by atoms with E-state index >= 15 is 0 Å². The highest BCUT2D eigenvalue weighted by Crippen LogP contribution is 2.22. The molecule has 2 heterocycles. The molecule has 84 valence electrons. The summed E-state index contributed by atoms with van der Waals surface area (Å²) in [4.78, 5) is 6.51. The Balaban J connectivity index is 0.00000112. The van der Waals surface area contributed by atoms with Crippen LogP contribution in [0.2, 0.25) is 5.15 Å². The molecule has 0 unspecified atom stereocenters. The summed E-state index contributed by atoms with van der Waals surface area (Å²) in [7, 11) is 0. The van der Waals surface area contributed by atoms with Crippen LogP contribution < -0.4 is 10.6 Å². The summed E-state index contributed by atoms with van der Waals surface area (Å²) < 4.78 is 0. The number of nitrogens with zero attached hydrogens (tertiary/aromatic N) is 2. The monoisotopic (exact) mass is 247 g/mol. The summed E-state index contributed by atoms with van der Waals surface area (Å²) in [5, 5.41) is 0.477. The molecule has 0 spiro atoms. The molecular weight excluding hydrogens is 233 g/mol. The first kappa shape index (κ1) is 12.4. The largest absolute Gasteiger partial charge is 0.399 e. The minimum Gasteiger partial charge on any atom is -0.399 e. The third kappa shape index (κ3) is 3.14. The zero-order valence-corrected chi connectivity index (χ0v) is 10.0. The zero-order chi connectivity index (χ0) is 9.97. The first-order chi connectivity index (χ1) is 6.75. The maximum atomic E-state index is 5.85. The summed E-state index contributed by atoms with van der Waals surface area (Å²) >= 11 is 5.85. The predicted molar refractivity (Wildman–Crippen MR) is 67.0 cm³/mol. The molecule has 0 bridgehead atoms. The van der Waals surface area contributed by atoms with Gasteiger partial charge in [0.25, 0.3) is 0 Å². The Morgan fingerprint density at radius 1 is 1.20 bits per heavy atom. The molecule has 1 aliphatic heterocycles. The lowest BCUT2D eigenvalue weighted by Gasteiger charge is -2.27. The van der Waals surface area contributed by atoms with Gasteiger partial charge in [0.05, 0.1) is 0 Å². The van der Waals surface area contributed by atoms with E-state index in [-0.39, 0.29) is 12.4 Å². The summed E-state index contributed by atoms with van der Waals surface area (Å²) in [5.41, 5.74) is 6.40. The fraction of sp³-hybridized carbons (Fsp3) is 0.500. The lowest BCUT2D eigenvalue weighted by molar-refractivity contribution is 0.573. The summed E-state index contributed by atoms with van der Waals surface area (Å²) in [6, 6.07) is 3.56. The van der Waals surface area contributed by atoms with Crippen LogP contribution in [0.3, 0.4) is 0 Å². The predicted octanol–water partition coefficient (Wildman–Crippen LogP) is 2.73. The van der Waals surface area contributed by atoms with Gasteiger partial charge in [-0.15, -0.1) is 12.4 Å². The molecule has 5 heteroatoms. The smallest absolute Gasteiger partial charge is 0.133 e. The van der Waals surface area contributed by atoms with Gasteiger partial charge in [-0.1, -0.05) is 11.6 Å². The Morgan fingerprint density at radius 2 is 1.87 bits per heavy atom. The van der Waals surface area contributed by atoms with Gasteiger partial charge in [-0.25, -0.2) is 4.98 Å². The molecule has 15 heavy (non-hydrogen) atoms. The second kappa shape index (κ2) is 5.42. The third-order valence-electron chi connectivity index (χ3n) is 2.48. The minimum absolute atomic E-state index is 0. The van der Waals surface area contributed by atoms with Gasteiger partial charge in [0, 0.05) is 24.8 Å². The van der Waals surface area contributed by atoms with Crippen LogP contribution in [-0.2, 0) is 0 Å². The molecule has 1 aliphatic rings. The molecular formula is C10H15Cl2N3. The van der Waals surface area contributed by atoms with Crippen LogP contribution in [0.4, 0.5) is 11.5 Å². The Bertz CT molecular complexity index is 304. The second-order valence-electron chi connectivity index (χ2n) is 3.63. The Labute approximate surface area is 101 Å². The van der Waals surface area contributed by atoms with Crippen molar-refractivity contribution >= 4 is 35.5 Å². The fourth-order valence-corrected chi connectivity index (χ4v) is 2.00. The van der Waals surface area contributed by atoms with Gasteiger partial charge in [-0.3, -0.25) is 0 Å². The maximum absolute atomic E-state index is 5.85. The second-order valence-corrected chi connectivity index (χ2v) is 4.02. The Hall–Kier alpha value is -0.670. The van der Waals surface area contributed by atoms with Crippen LogP contribution in [0, 0.1) is 0 Å². The molecule has 3 nitrogen and oxygen atoms in total. The Kier molecular flexibility index (Phi) is 4.48. The van der Waals surface area contributed by atoms with Gasteiger partial charge in [0.1, 0.15) is 11.0 Å². The summed E-state index contributed by atoms with van der Waals surface area (Å²) in [6.45, 7) is 2.12. The van der Waals surface area contributed by atoms with Gasteiger partial charge < -0.3 is 10.6 Å². The number of nitrogen functional groups attached to an aromatic ring is 1. The lowest BCUT2D eigenvalue weighted by atomic mass is 10.1. The molecule has 1 aromatic rings. The van der Waals surface area contributed by atoms with Gasteiger partial charge in [-0.2, -0.15) is 0 Å². The van der Waals surface area contributed by atoms with E-state index in [0.717, 1.165) is 18.9 Å². The molecule has 0 aliphatic carbocycles. The van der Waals surface area contributed by atoms with Crippen molar-refractivity contribution in [3.63, 3.8) is 0 Å². The zero-order valence-electron chi connectivity index (χ0n) is 8.45. The van der Waals surface area contributed by atoms with Crippen molar-refractivity contribution in [1.82, 2.24) is 4.98 Å². The number of anilines is 2. The third-order valence-corrected chi connectivity index (χ3v) is 2.68. The number of piperidine rings is 1. The number of pyridine rings is 1. The van der Waals surface area contributed by atoms with Crippen LogP contribution in [-0.4, -0.2) is 18.1 Å². The van der Waals surface area contributed by atoms with Crippen LogP contribution >= 0.6 is 24.0 Å². The van der Waals surface area contributed by atoms with E-state index in [2.05, 4.69) is 9.88 Å². The van der Waals surface area contributed by atoms with E-state index < -0.39 is 0 Å². The van der Waals surface area contributed by atoms with E-state index in [1.54, 1.807) is 6.07 Å². The van der Waals surface area contributed by atoms with Crippen molar-refractivity contribution in [2.45, 2.75) is 19.3 Å². The van der Waals surface area contributed by atoms with E-state index in [1.165, 1.54) is 19.3 Å². The van der Waals surface area contributed by atoms with Crippen molar-refractivity contribution in [3.05, 3.63) is 17.3 Å². The average molecular weight is 248 g/mol. The van der Waals surface area contributed by atoms with E-state index in [1.807, 2.05) is 6.07 Å². The minimum atomic E-state index is 0. The van der Waals surface area contributed by atoms with Gasteiger partial charge in [0.2, 0.25) is 0 Å². The first-order valence-electron chi connectivity index (χ1n) is 4.94. The molecule has 0 saturated carbocycles. The highest BCUT2D eigenvalue weighted by atomic mass is 35.5. The van der Waals surface area contributed by atoms with Crippen molar-refractivity contribution in [1.29, 1.82) is 0 Å². The molecule has 0 aromatic carbocycles. The van der Waals surface area contributed by atoms with Crippen LogP contribution in [0.25, 0.3) is 0 Å². The first-order valence-corrected chi connectivity index (χ1v) is 5.31. The number of halogens is 2. The molecule has 1 saturated heterocycles. The van der Waals surface area contributed by atoms with E-state index in [4.69, 9.17) is 17.3 Å². The number of rotatable bonds is 1. The highest BCUT2D eigenvalue weighted by Gasteiger charge is 2.12. The fourth-order valence-electron chi connectivity index (χ4n) is 1.79. The number of hydrogen-bond acceptors (Lipinski definition) is 3. The summed E-state index contributed by atoms with van der Waals surface area (Å²) in [5.74, 6) is 0.912. The molecule has 2 rings (SSSR count). The van der Waals surface area contributed by atoms with Crippen LogP contribution in [0.5, 0.6) is 0 Å². The van der Waals surface area contributed by atoms with Gasteiger partial charge >= 0.3 is 0 Å². The molecule has 2 N–H and O–H groups in total. The van der Waals surface area contributed by atoms with Crippen molar-refractivity contribution < 1.29 is 0 Å². The van der Waals surface area contributed by atoms with Crippen LogP contribution in [0.15, 0.2) is 12.1 Å². The normalized spacial score (nSPS) is 15.9. The molecule has 1 fully saturated rings. The molecule has 0 atom stereocenters. The standard InChI is InChI=1S/C10H14ClN3.ClH/c11-9-6-8(12)7-10(13-9)14-4-2-1-3-5-14;/h6-7H,1-5H2,(H2,12,13);1H.